The Morgan fingerprint density at radius 3 is 2.76 bits per heavy atom. The summed E-state index contributed by atoms with van der Waals surface area (Å²) < 4.78 is 5.55. The average molecular weight is 238 g/mol. The van der Waals surface area contributed by atoms with E-state index in [0.717, 1.165) is 18.5 Å². The summed E-state index contributed by atoms with van der Waals surface area (Å²) in [4.78, 5) is 0. The van der Waals surface area contributed by atoms with Gasteiger partial charge in [-0.25, -0.2) is 0 Å². The van der Waals surface area contributed by atoms with Gasteiger partial charge in [0, 0.05) is 17.8 Å². The smallest absolute Gasteiger partial charge is 0.144 e. The van der Waals surface area contributed by atoms with Crippen LogP contribution in [0.4, 0.5) is 11.4 Å². The number of hydrogen-bond donors (Lipinski definition) is 3. The molecule has 0 aliphatic carbocycles. The molecule has 4 heteroatoms. The van der Waals surface area contributed by atoms with Gasteiger partial charge in [-0.1, -0.05) is 13.8 Å². The van der Waals surface area contributed by atoms with E-state index >= 15 is 0 Å². The lowest BCUT2D eigenvalue weighted by atomic mass is 10.2. The number of anilines is 2. The lowest BCUT2D eigenvalue weighted by Crippen LogP contribution is -2.22. The second-order valence-electron chi connectivity index (χ2n) is 4.03. The van der Waals surface area contributed by atoms with Crippen molar-refractivity contribution in [3.8, 4) is 5.75 Å². The van der Waals surface area contributed by atoms with Crippen molar-refractivity contribution in [2.24, 2.45) is 0 Å². The van der Waals surface area contributed by atoms with E-state index < -0.39 is 0 Å². The predicted molar refractivity (Wildman–Crippen MR) is 71.4 cm³/mol. The molecular formula is C13H22N2O2. The molecule has 1 rings (SSSR count). The zero-order valence-corrected chi connectivity index (χ0v) is 10.6. The number of aliphatic hydroxyl groups excluding tert-OH is 1. The molecule has 0 bridgehead atoms. The molecule has 0 spiro atoms. The number of rotatable bonds is 7. The molecule has 4 nitrogen and oxygen atoms in total. The largest absolute Gasteiger partial charge is 0.491 e. The maximum Gasteiger partial charge on any atom is 0.144 e. The zero-order chi connectivity index (χ0) is 12.7. The summed E-state index contributed by atoms with van der Waals surface area (Å²) in [5.41, 5.74) is 7.39. The Bertz CT molecular complexity index is 338. The van der Waals surface area contributed by atoms with Gasteiger partial charge in [-0.3, -0.25) is 0 Å². The van der Waals surface area contributed by atoms with E-state index in [0.29, 0.717) is 18.0 Å². The number of benzene rings is 1. The maximum absolute atomic E-state index is 9.13. The fourth-order valence-electron chi connectivity index (χ4n) is 1.47. The Labute approximate surface area is 103 Å². The quantitative estimate of drug-likeness (QED) is 0.637. The van der Waals surface area contributed by atoms with Crippen molar-refractivity contribution in [1.82, 2.24) is 0 Å². The number of nitrogen functional groups attached to an aromatic ring is 1. The summed E-state index contributed by atoms with van der Waals surface area (Å²) in [6.45, 7) is 4.85. The fourth-order valence-corrected chi connectivity index (χ4v) is 1.47. The van der Waals surface area contributed by atoms with Crippen LogP contribution in [0.2, 0.25) is 0 Å². The van der Waals surface area contributed by atoms with Gasteiger partial charge in [0.05, 0.1) is 18.9 Å². The van der Waals surface area contributed by atoms with Gasteiger partial charge in [0.1, 0.15) is 5.75 Å². The first-order chi connectivity index (χ1) is 8.21. The molecule has 0 saturated carbocycles. The van der Waals surface area contributed by atoms with E-state index in [1.807, 2.05) is 25.1 Å². The SMILES string of the molecule is CCCOc1cc(NC(CC)CO)ccc1N. The van der Waals surface area contributed by atoms with Crippen LogP contribution < -0.4 is 15.8 Å². The molecule has 96 valence electrons. The number of ether oxygens (including phenoxy) is 1. The monoisotopic (exact) mass is 238 g/mol. The van der Waals surface area contributed by atoms with Crippen molar-refractivity contribution in [3.05, 3.63) is 18.2 Å². The molecule has 0 radical (unpaired) electrons. The second-order valence-corrected chi connectivity index (χ2v) is 4.03. The second kappa shape index (κ2) is 7.01. The van der Waals surface area contributed by atoms with Gasteiger partial charge in [0.2, 0.25) is 0 Å². The van der Waals surface area contributed by atoms with Crippen molar-refractivity contribution >= 4 is 11.4 Å². The highest BCUT2D eigenvalue weighted by Gasteiger charge is 2.06. The summed E-state index contributed by atoms with van der Waals surface area (Å²) in [7, 11) is 0. The Morgan fingerprint density at radius 1 is 1.41 bits per heavy atom. The molecule has 1 aromatic rings. The highest BCUT2D eigenvalue weighted by Crippen LogP contribution is 2.26. The van der Waals surface area contributed by atoms with Crippen LogP contribution in [0.3, 0.4) is 0 Å². The van der Waals surface area contributed by atoms with Gasteiger partial charge in [0.25, 0.3) is 0 Å². The van der Waals surface area contributed by atoms with E-state index in [1.54, 1.807) is 0 Å². The third-order valence-electron chi connectivity index (χ3n) is 2.56. The Kier molecular flexibility index (Phi) is 5.63. The molecule has 0 heterocycles. The van der Waals surface area contributed by atoms with Gasteiger partial charge in [-0.15, -0.1) is 0 Å². The number of hydrogen-bond acceptors (Lipinski definition) is 4. The minimum absolute atomic E-state index is 0.0673. The van der Waals surface area contributed by atoms with Crippen LogP contribution in [0.25, 0.3) is 0 Å². The highest BCUT2D eigenvalue weighted by atomic mass is 16.5. The lowest BCUT2D eigenvalue weighted by molar-refractivity contribution is 0.271. The normalized spacial score (nSPS) is 12.2. The van der Waals surface area contributed by atoms with Crippen LogP contribution in [-0.2, 0) is 0 Å². The van der Waals surface area contributed by atoms with Crippen LogP contribution in [0.15, 0.2) is 18.2 Å². The Hall–Kier alpha value is -1.42. The van der Waals surface area contributed by atoms with Gasteiger partial charge < -0.3 is 20.9 Å². The van der Waals surface area contributed by atoms with Gasteiger partial charge >= 0.3 is 0 Å². The minimum atomic E-state index is 0.0673. The first-order valence-electron chi connectivity index (χ1n) is 6.11. The van der Waals surface area contributed by atoms with Crippen LogP contribution >= 0.6 is 0 Å². The van der Waals surface area contributed by atoms with Crippen LogP contribution in [-0.4, -0.2) is 24.4 Å². The molecule has 17 heavy (non-hydrogen) atoms. The number of nitrogens with two attached hydrogens (primary N) is 1. The first-order valence-corrected chi connectivity index (χ1v) is 6.11. The maximum atomic E-state index is 9.13. The molecule has 4 N–H and O–H groups in total. The van der Waals surface area contributed by atoms with Crippen LogP contribution in [0.5, 0.6) is 5.75 Å². The molecule has 1 atom stereocenters. The molecule has 0 saturated heterocycles. The summed E-state index contributed by atoms with van der Waals surface area (Å²) in [5.74, 6) is 0.699. The van der Waals surface area contributed by atoms with Crippen molar-refractivity contribution in [3.63, 3.8) is 0 Å². The molecule has 0 fully saturated rings. The summed E-state index contributed by atoms with van der Waals surface area (Å²) in [6, 6.07) is 5.66. The Balaban J connectivity index is 2.73. The molecule has 0 aromatic heterocycles. The summed E-state index contributed by atoms with van der Waals surface area (Å²) in [6.07, 6.45) is 1.82. The minimum Gasteiger partial charge on any atom is -0.491 e. The molecule has 0 amide bonds. The van der Waals surface area contributed by atoms with Crippen LogP contribution in [0, 0.1) is 0 Å². The topological polar surface area (TPSA) is 67.5 Å². The molecule has 0 aliphatic rings. The Morgan fingerprint density at radius 2 is 2.18 bits per heavy atom. The summed E-state index contributed by atoms with van der Waals surface area (Å²) in [5, 5.41) is 12.4. The van der Waals surface area contributed by atoms with E-state index in [4.69, 9.17) is 15.6 Å². The molecule has 1 unspecified atom stereocenters. The third kappa shape index (κ3) is 4.15. The van der Waals surface area contributed by atoms with Crippen molar-refractivity contribution in [2.45, 2.75) is 32.7 Å². The predicted octanol–water partition coefficient (Wildman–Crippen LogP) is 2.24. The van der Waals surface area contributed by atoms with Gasteiger partial charge in [-0.05, 0) is 25.0 Å². The van der Waals surface area contributed by atoms with Crippen molar-refractivity contribution in [1.29, 1.82) is 0 Å². The standard InChI is InChI=1S/C13H22N2O2/c1-3-7-17-13-8-11(5-6-12(13)14)15-10(4-2)9-16/h5-6,8,10,15-16H,3-4,7,9,14H2,1-2H3. The van der Waals surface area contributed by atoms with Gasteiger partial charge in [-0.2, -0.15) is 0 Å². The first kappa shape index (κ1) is 13.6. The third-order valence-corrected chi connectivity index (χ3v) is 2.56. The molecular weight excluding hydrogens is 216 g/mol. The van der Waals surface area contributed by atoms with Crippen LogP contribution in [0.1, 0.15) is 26.7 Å². The lowest BCUT2D eigenvalue weighted by Gasteiger charge is -2.17. The summed E-state index contributed by atoms with van der Waals surface area (Å²) >= 11 is 0. The fraction of sp³-hybridized carbons (Fsp3) is 0.538. The van der Waals surface area contributed by atoms with Crippen molar-refractivity contribution in [2.75, 3.05) is 24.3 Å². The van der Waals surface area contributed by atoms with E-state index in [2.05, 4.69) is 12.2 Å². The van der Waals surface area contributed by atoms with E-state index in [-0.39, 0.29) is 12.6 Å². The van der Waals surface area contributed by atoms with E-state index in [9.17, 15) is 0 Å². The van der Waals surface area contributed by atoms with E-state index in [1.165, 1.54) is 0 Å². The van der Waals surface area contributed by atoms with Gasteiger partial charge in [0.15, 0.2) is 0 Å². The highest BCUT2D eigenvalue weighted by molar-refractivity contribution is 5.61. The molecule has 1 aromatic carbocycles. The average Bonchev–Trinajstić information content (AvgIpc) is 2.36. The van der Waals surface area contributed by atoms with Crippen molar-refractivity contribution < 1.29 is 9.84 Å². The number of nitrogens with one attached hydrogen (secondary N) is 1. The zero-order valence-electron chi connectivity index (χ0n) is 10.6. The number of aliphatic hydroxyl groups is 1. The molecule has 0 aliphatic heterocycles.